The van der Waals surface area contributed by atoms with Gasteiger partial charge in [0.1, 0.15) is 6.61 Å². The molecule has 0 unspecified atom stereocenters. The predicted octanol–water partition coefficient (Wildman–Crippen LogP) is 2.76. The highest BCUT2D eigenvalue weighted by atomic mass is 32.2. The average molecular weight is 702 g/mol. The summed E-state index contributed by atoms with van der Waals surface area (Å²) < 4.78 is 77.6. The molecule has 0 atom stereocenters. The summed E-state index contributed by atoms with van der Waals surface area (Å²) in [4.78, 5) is 11.8. The quantitative estimate of drug-likeness (QED) is 0.0906. The molecule has 0 aliphatic carbocycles. The maximum Gasteiger partial charge on any atom is 0.407 e. The number of benzene rings is 2. The zero-order valence-corrected chi connectivity index (χ0v) is 28.7. The van der Waals surface area contributed by atoms with Crippen molar-refractivity contribution in [2.45, 2.75) is 18.4 Å². The predicted molar refractivity (Wildman–Crippen MR) is 175 cm³/mol. The van der Waals surface area contributed by atoms with Crippen molar-refractivity contribution in [1.82, 2.24) is 5.32 Å². The van der Waals surface area contributed by atoms with Crippen LogP contribution in [0.3, 0.4) is 0 Å². The molecular formula is C33H51NO13S. The van der Waals surface area contributed by atoms with Gasteiger partial charge in [0.25, 0.3) is 10.1 Å². The van der Waals surface area contributed by atoms with E-state index in [1.807, 2.05) is 37.3 Å². The van der Waals surface area contributed by atoms with Gasteiger partial charge in [0, 0.05) is 6.54 Å². The molecule has 15 heteroatoms. The number of nitrogens with one attached hydrogen (secondary N) is 1. The summed E-state index contributed by atoms with van der Waals surface area (Å²) in [5, 5.41) is 2.63. The maximum absolute atomic E-state index is 12.1. The van der Waals surface area contributed by atoms with Crippen molar-refractivity contribution in [1.29, 1.82) is 0 Å². The molecule has 0 bridgehead atoms. The molecule has 0 saturated carbocycles. The number of aryl methyl sites for hydroxylation is 1. The van der Waals surface area contributed by atoms with Crippen LogP contribution < -0.4 is 5.32 Å². The van der Waals surface area contributed by atoms with E-state index in [1.54, 1.807) is 12.1 Å². The molecule has 0 aliphatic rings. The molecule has 0 fully saturated rings. The Labute approximate surface area is 284 Å². The number of hydrogen-bond donors (Lipinski definition) is 1. The van der Waals surface area contributed by atoms with E-state index in [-0.39, 0.29) is 24.7 Å². The zero-order valence-electron chi connectivity index (χ0n) is 27.8. The fraction of sp³-hybridized carbons (Fsp3) is 0.606. The van der Waals surface area contributed by atoms with Crippen LogP contribution in [0.4, 0.5) is 4.79 Å². The number of carbonyl (C=O) groups is 1. The highest BCUT2D eigenvalue weighted by molar-refractivity contribution is 7.86. The van der Waals surface area contributed by atoms with Crippen molar-refractivity contribution in [2.24, 2.45) is 0 Å². The summed E-state index contributed by atoms with van der Waals surface area (Å²) in [6.45, 7) is 8.96. The Morgan fingerprint density at radius 1 is 0.542 bits per heavy atom. The van der Waals surface area contributed by atoms with Crippen molar-refractivity contribution in [3.05, 3.63) is 65.7 Å². The molecule has 48 heavy (non-hydrogen) atoms. The minimum Gasteiger partial charge on any atom is -0.445 e. The van der Waals surface area contributed by atoms with Gasteiger partial charge in [-0.3, -0.25) is 4.18 Å². The van der Waals surface area contributed by atoms with Gasteiger partial charge in [-0.05, 0) is 24.6 Å². The second kappa shape index (κ2) is 28.2. The van der Waals surface area contributed by atoms with Crippen LogP contribution in [-0.4, -0.2) is 133 Å². The van der Waals surface area contributed by atoms with Crippen molar-refractivity contribution in [2.75, 3.05) is 119 Å². The number of ether oxygens (including phenoxy) is 9. The Morgan fingerprint density at radius 3 is 1.38 bits per heavy atom. The van der Waals surface area contributed by atoms with Gasteiger partial charge in [-0.25, -0.2) is 4.79 Å². The van der Waals surface area contributed by atoms with Crippen molar-refractivity contribution < 1.29 is 60.0 Å². The van der Waals surface area contributed by atoms with Crippen LogP contribution in [0.2, 0.25) is 0 Å². The molecule has 0 aromatic heterocycles. The van der Waals surface area contributed by atoms with Gasteiger partial charge in [0.15, 0.2) is 0 Å². The molecule has 0 saturated heterocycles. The Kier molecular flexibility index (Phi) is 24.3. The molecule has 0 spiro atoms. The lowest BCUT2D eigenvalue weighted by Gasteiger charge is -2.09. The molecule has 1 amide bonds. The van der Waals surface area contributed by atoms with Gasteiger partial charge >= 0.3 is 6.09 Å². The summed E-state index contributed by atoms with van der Waals surface area (Å²) in [5.41, 5.74) is 1.90. The lowest BCUT2D eigenvalue weighted by atomic mass is 10.2. The van der Waals surface area contributed by atoms with Crippen LogP contribution in [0.15, 0.2) is 59.5 Å². The van der Waals surface area contributed by atoms with Crippen LogP contribution in [0.5, 0.6) is 0 Å². The Morgan fingerprint density at radius 2 is 0.938 bits per heavy atom. The van der Waals surface area contributed by atoms with Gasteiger partial charge in [-0.15, -0.1) is 0 Å². The van der Waals surface area contributed by atoms with E-state index < -0.39 is 16.2 Å². The number of hydrogen-bond acceptors (Lipinski definition) is 13. The van der Waals surface area contributed by atoms with Crippen LogP contribution in [0.1, 0.15) is 11.1 Å². The molecule has 14 nitrogen and oxygen atoms in total. The fourth-order valence-corrected chi connectivity index (χ4v) is 4.51. The summed E-state index contributed by atoms with van der Waals surface area (Å²) in [6, 6.07) is 15.9. The van der Waals surface area contributed by atoms with Gasteiger partial charge in [0.2, 0.25) is 0 Å². The summed E-state index contributed by atoms with van der Waals surface area (Å²) >= 11 is 0. The zero-order chi connectivity index (χ0) is 34.4. The lowest BCUT2D eigenvalue weighted by molar-refractivity contribution is -0.0235. The Hall–Kier alpha value is -2.70. The number of alkyl carbamates (subject to hydrolysis) is 1. The normalized spacial score (nSPS) is 11.5. The van der Waals surface area contributed by atoms with E-state index in [2.05, 4.69) is 5.32 Å². The first-order valence-corrected chi connectivity index (χ1v) is 17.4. The highest BCUT2D eigenvalue weighted by Crippen LogP contribution is 2.13. The van der Waals surface area contributed by atoms with E-state index in [4.69, 9.17) is 46.8 Å². The average Bonchev–Trinajstić information content (AvgIpc) is 3.09. The third-order valence-electron chi connectivity index (χ3n) is 6.11. The minimum atomic E-state index is -3.78. The Balaban J connectivity index is 1.20. The first-order chi connectivity index (χ1) is 23.5. The molecule has 0 aliphatic heterocycles. The van der Waals surface area contributed by atoms with Crippen molar-refractivity contribution in [3.63, 3.8) is 0 Å². The van der Waals surface area contributed by atoms with Crippen molar-refractivity contribution >= 4 is 16.2 Å². The third-order valence-corrected chi connectivity index (χ3v) is 7.43. The van der Waals surface area contributed by atoms with Crippen LogP contribution >= 0.6 is 0 Å². The van der Waals surface area contributed by atoms with E-state index in [0.717, 1.165) is 11.1 Å². The summed E-state index contributed by atoms with van der Waals surface area (Å²) in [5.74, 6) is 0. The molecule has 0 heterocycles. The minimum absolute atomic E-state index is 0.0645. The van der Waals surface area contributed by atoms with Gasteiger partial charge in [0.05, 0.1) is 117 Å². The molecule has 2 aromatic rings. The van der Waals surface area contributed by atoms with E-state index >= 15 is 0 Å². The molecular weight excluding hydrogens is 650 g/mol. The first-order valence-electron chi connectivity index (χ1n) is 16.0. The van der Waals surface area contributed by atoms with Crippen LogP contribution in [-0.2, 0) is 63.5 Å². The molecule has 2 rings (SSSR count). The third kappa shape index (κ3) is 22.8. The largest absolute Gasteiger partial charge is 0.445 e. The Bertz CT molecular complexity index is 1150. The highest BCUT2D eigenvalue weighted by Gasteiger charge is 2.14. The molecule has 0 radical (unpaired) electrons. The summed E-state index contributed by atoms with van der Waals surface area (Å²) in [7, 11) is -3.78. The smallest absolute Gasteiger partial charge is 0.407 e. The summed E-state index contributed by atoms with van der Waals surface area (Å²) in [6.07, 6.45) is -0.477. The molecule has 1 N–H and O–H groups in total. The monoisotopic (exact) mass is 701 g/mol. The fourth-order valence-electron chi connectivity index (χ4n) is 3.62. The molecule has 272 valence electrons. The lowest BCUT2D eigenvalue weighted by Crippen LogP contribution is -2.28. The topological polar surface area (TPSA) is 156 Å². The second-order valence-corrected chi connectivity index (χ2v) is 11.6. The standard InChI is InChI=1S/C33H51NO13S/c1-30-7-9-32(10-8-30)48(36,37)47-28-27-45-26-25-44-24-23-43-22-21-42-20-19-41-18-17-40-16-15-39-14-13-38-12-11-34-33(35)46-29-31-5-3-2-4-6-31/h2-10H,11-29H2,1H3,(H,34,35). The van der Waals surface area contributed by atoms with E-state index in [9.17, 15) is 13.2 Å². The van der Waals surface area contributed by atoms with E-state index in [1.165, 1.54) is 12.1 Å². The van der Waals surface area contributed by atoms with Gasteiger partial charge in [-0.2, -0.15) is 8.42 Å². The van der Waals surface area contributed by atoms with Gasteiger partial charge < -0.3 is 47.9 Å². The van der Waals surface area contributed by atoms with Crippen LogP contribution in [0, 0.1) is 6.92 Å². The first kappa shape index (κ1) is 41.5. The van der Waals surface area contributed by atoms with Crippen molar-refractivity contribution in [3.8, 4) is 0 Å². The second-order valence-electron chi connectivity index (χ2n) is 9.98. The number of carbonyl (C=O) groups excluding carboxylic acids is 1. The molecule has 2 aromatic carbocycles. The SMILES string of the molecule is Cc1ccc(S(=O)(=O)OCCOCCOCCOCCOCCOCCOCCOCCOCCNC(=O)OCc2ccccc2)cc1. The number of rotatable bonds is 31. The maximum atomic E-state index is 12.1. The van der Waals surface area contributed by atoms with Crippen LogP contribution in [0.25, 0.3) is 0 Å². The number of amides is 1. The van der Waals surface area contributed by atoms with E-state index in [0.29, 0.717) is 106 Å². The van der Waals surface area contributed by atoms with Gasteiger partial charge in [-0.1, -0.05) is 48.0 Å².